The summed E-state index contributed by atoms with van der Waals surface area (Å²) < 4.78 is 0. The molecule has 1 N–H and O–H groups in total. The van der Waals surface area contributed by atoms with Crippen molar-refractivity contribution in [3.8, 4) is 0 Å². The number of carbonyl (C=O) groups is 1. The Kier molecular flexibility index (Phi) is 9.54. The van der Waals surface area contributed by atoms with Gasteiger partial charge in [-0.25, -0.2) is 0 Å². The largest absolute Gasteiger partial charge is 0.481 e. The second-order valence-corrected chi connectivity index (χ2v) is 8.81. The molecule has 2 heteroatoms. The molecule has 1 aliphatic rings. The van der Waals surface area contributed by atoms with Gasteiger partial charge in [0.15, 0.2) is 0 Å². The number of carboxylic acid groups (broad SMARTS) is 1. The summed E-state index contributed by atoms with van der Waals surface area (Å²) in [5, 5.41) is 8.72. The minimum atomic E-state index is -0.696. The highest BCUT2D eigenvalue weighted by molar-refractivity contribution is 5.66. The van der Waals surface area contributed by atoms with Crippen LogP contribution < -0.4 is 0 Å². The van der Waals surface area contributed by atoms with Crippen LogP contribution in [-0.4, -0.2) is 11.1 Å². The average Bonchev–Trinajstić information content (AvgIpc) is 2.94. The molecular formula is C26H38O2. The summed E-state index contributed by atoms with van der Waals surface area (Å²) in [5.74, 6) is 2.79. The summed E-state index contributed by atoms with van der Waals surface area (Å²) >= 11 is 0. The summed E-state index contributed by atoms with van der Waals surface area (Å²) in [6, 6.07) is 10.8. The van der Waals surface area contributed by atoms with E-state index >= 15 is 0 Å². The summed E-state index contributed by atoms with van der Waals surface area (Å²) in [4.78, 5) is 10.6. The number of aryl methyl sites for hydroxylation is 1. The highest BCUT2D eigenvalue weighted by atomic mass is 16.4. The molecule has 0 aliphatic heterocycles. The Morgan fingerprint density at radius 3 is 2.64 bits per heavy atom. The lowest BCUT2D eigenvalue weighted by Crippen LogP contribution is -2.13. The zero-order valence-corrected chi connectivity index (χ0v) is 17.9. The smallest absolute Gasteiger partial charge is 0.303 e. The van der Waals surface area contributed by atoms with Gasteiger partial charge in [-0.1, -0.05) is 75.4 Å². The van der Waals surface area contributed by atoms with Gasteiger partial charge in [0.2, 0.25) is 0 Å². The van der Waals surface area contributed by atoms with Crippen molar-refractivity contribution in [2.45, 2.75) is 65.7 Å². The van der Waals surface area contributed by atoms with Crippen LogP contribution in [0.2, 0.25) is 0 Å². The molecular weight excluding hydrogens is 344 g/mol. The Morgan fingerprint density at radius 2 is 1.93 bits per heavy atom. The number of rotatable bonds is 11. The Labute approximate surface area is 171 Å². The van der Waals surface area contributed by atoms with Crippen molar-refractivity contribution in [2.75, 3.05) is 0 Å². The SMILES string of the molecule is C[C@H](/C=C/[C@@H]1[C@@H](C/C=C/CCCC(=O)O)[C@@H](C)C[C@H]1C)CCc1ccccc1. The number of hydrogen-bond donors (Lipinski definition) is 1. The third kappa shape index (κ3) is 7.66. The van der Waals surface area contributed by atoms with Crippen molar-refractivity contribution >= 4 is 5.97 Å². The maximum absolute atomic E-state index is 10.6. The number of carboxylic acids is 1. The normalized spacial score (nSPS) is 26.2. The molecule has 0 saturated heterocycles. The average molecular weight is 383 g/mol. The van der Waals surface area contributed by atoms with Crippen LogP contribution in [0.25, 0.3) is 0 Å². The van der Waals surface area contributed by atoms with Crippen LogP contribution in [0.1, 0.15) is 64.9 Å². The number of aliphatic carboxylic acids is 1. The van der Waals surface area contributed by atoms with Gasteiger partial charge in [0, 0.05) is 6.42 Å². The first kappa shape index (κ1) is 22.5. The lowest BCUT2D eigenvalue weighted by Gasteiger charge is -2.21. The number of allylic oxidation sites excluding steroid dienone is 4. The summed E-state index contributed by atoms with van der Waals surface area (Å²) in [6.07, 6.45) is 16.1. The zero-order chi connectivity index (χ0) is 20.4. The number of hydrogen-bond acceptors (Lipinski definition) is 1. The molecule has 0 radical (unpaired) electrons. The lowest BCUT2D eigenvalue weighted by atomic mass is 9.84. The number of unbranched alkanes of at least 4 members (excludes halogenated alkanes) is 1. The van der Waals surface area contributed by atoms with Gasteiger partial charge in [-0.15, -0.1) is 0 Å². The molecule has 1 saturated carbocycles. The van der Waals surface area contributed by atoms with Crippen LogP contribution in [0.5, 0.6) is 0 Å². The molecule has 0 bridgehead atoms. The molecule has 0 heterocycles. The topological polar surface area (TPSA) is 37.3 Å². The van der Waals surface area contributed by atoms with E-state index in [0.29, 0.717) is 17.8 Å². The highest BCUT2D eigenvalue weighted by Gasteiger charge is 2.36. The predicted molar refractivity (Wildman–Crippen MR) is 118 cm³/mol. The molecule has 1 aromatic carbocycles. The summed E-state index contributed by atoms with van der Waals surface area (Å²) in [6.45, 7) is 7.13. The molecule has 0 aromatic heterocycles. The molecule has 1 aromatic rings. The fourth-order valence-corrected chi connectivity index (χ4v) is 4.64. The predicted octanol–water partition coefficient (Wildman–Crippen LogP) is 6.92. The zero-order valence-electron chi connectivity index (χ0n) is 17.9. The number of benzene rings is 1. The van der Waals surface area contributed by atoms with E-state index in [-0.39, 0.29) is 6.42 Å². The third-order valence-corrected chi connectivity index (χ3v) is 6.36. The first-order chi connectivity index (χ1) is 13.5. The van der Waals surface area contributed by atoms with Crippen LogP contribution in [0.15, 0.2) is 54.6 Å². The van der Waals surface area contributed by atoms with Gasteiger partial charge in [-0.05, 0) is 73.7 Å². The quantitative estimate of drug-likeness (QED) is 0.333. The molecule has 1 fully saturated rings. The summed E-state index contributed by atoms with van der Waals surface area (Å²) in [7, 11) is 0. The third-order valence-electron chi connectivity index (χ3n) is 6.36. The second kappa shape index (κ2) is 11.9. The van der Waals surface area contributed by atoms with E-state index in [2.05, 4.69) is 75.4 Å². The molecule has 28 heavy (non-hydrogen) atoms. The first-order valence-electron chi connectivity index (χ1n) is 11.1. The standard InChI is InChI=1S/C26H38O2/c1-20(15-17-23-11-7-6-8-12-23)16-18-25-22(3)19-21(2)24(25)13-9-4-5-10-14-26(27)28/h4,6-9,11-12,16,18,20-22,24-25H,5,10,13-15,17,19H2,1-3H3,(H,27,28)/b9-4+,18-16+/t20-,21-,22+,24-,25-/m0/s1. The van der Waals surface area contributed by atoms with Gasteiger partial charge in [0.1, 0.15) is 0 Å². The minimum absolute atomic E-state index is 0.271. The van der Waals surface area contributed by atoms with E-state index in [1.165, 1.54) is 18.4 Å². The second-order valence-electron chi connectivity index (χ2n) is 8.81. The molecule has 5 atom stereocenters. The van der Waals surface area contributed by atoms with Gasteiger partial charge in [-0.3, -0.25) is 4.79 Å². The fourth-order valence-electron chi connectivity index (χ4n) is 4.64. The van der Waals surface area contributed by atoms with E-state index in [0.717, 1.165) is 37.5 Å². The van der Waals surface area contributed by atoms with E-state index in [1.807, 2.05) is 0 Å². The van der Waals surface area contributed by atoms with Crippen molar-refractivity contribution in [2.24, 2.45) is 29.6 Å². The van der Waals surface area contributed by atoms with Gasteiger partial charge in [0.25, 0.3) is 0 Å². The van der Waals surface area contributed by atoms with Crippen molar-refractivity contribution in [3.63, 3.8) is 0 Å². The molecule has 0 unspecified atom stereocenters. The summed E-state index contributed by atoms with van der Waals surface area (Å²) in [5.41, 5.74) is 1.43. The molecule has 2 nitrogen and oxygen atoms in total. The van der Waals surface area contributed by atoms with E-state index < -0.39 is 5.97 Å². The molecule has 1 aliphatic carbocycles. The van der Waals surface area contributed by atoms with Crippen LogP contribution >= 0.6 is 0 Å². The van der Waals surface area contributed by atoms with Crippen LogP contribution in [0.3, 0.4) is 0 Å². The van der Waals surface area contributed by atoms with Crippen LogP contribution in [0, 0.1) is 29.6 Å². The molecule has 2 rings (SSSR count). The maximum atomic E-state index is 10.6. The van der Waals surface area contributed by atoms with Gasteiger partial charge >= 0.3 is 5.97 Å². The van der Waals surface area contributed by atoms with Gasteiger partial charge in [-0.2, -0.15) is 0 Å². The van der Waals surface area contributed by atoms with Crippen molar-refractivity contribution in [1.29, 1.82) is 0 Å². The van der Waals surface area contributed by atoms with Crippen molar-refractivity contribution in [1.82, 2.24) is 0 Å². The monoisotopic (exact) mass is 382 g/mol. The van der Waals surface area contributed by atoms with E-state index in [4.69, 9.17) is 5.11 Å². The van der Waals surface area contributed by atoms with Gasteiger partial charge in [0.05, 0.1) is 0 Å². The Hall–Kier alpha value is -1.83. The first-order valence-corrected chi connectivity index (χ1v) is 11.1. The molecule has 0 amide bonds. The Balaban J connectivity index is 1.82. The van der Waals surface area contributed by atoms with Crippen molar-refractivity contribution in [3.05, 3.63) is 60.2 Å². The highest BCUT2D eigenvalue weighted by Crippen LogP contribution is 2.44. The lowest BCUT2D eigenvalue weighted by molar-refractivity contribution is -0.137. The maximum Gasteiger partial charge on any atom is 0.303 e. The van der Waals surface area contributed by atoms with Crippen LogP contribution in [0.4, 0.5) is 0 Å². The molecule has 0 spiro atoms. The van der Waals surface area contributed by atoms with Crippen molar-refractivity contribution < 1.29 is 9.90 Å². The molecule has 154 valence electrons. The van der Waals surface area contributed by atoms with E-state index in [9.17, 15) is 4.79 Å². The van der Waals surface area contributed by atoms with Crippen LogP contribution in [-0.2, 0) is 11.2 Å². The van der Waals surface area contributed by atoms with E-state index in [1.54, 1.807) is 0 Å². The minimum Gasteiger partial charge on any atom is -0.481 e. The Morgan fingerprint density at radius 1 is 1.18 bits per heavy atom. The Bertz CT molecular complexity index is 631. The fraction of sp³-hybridized carbons (Fsp3) is 0.577. The van der Waals surface area contributed by atoms with Gasteiger partial charge < -0.3 is 5.11 Å².